The van der Waals surface area contributed by atoms with Gasteiger partial charge in [0.05, 0.1) is 0 Å². The number of thioether (sulfide) groups is 1. The second-order valence-corrected chi connectivity index (χ2v) is 10.3. The molecule has 0 heterocycles. The van der Waals surface area contributed by atoms with E-state index in [0.717, 1.165) is 50.4 Å². The lowest BCUT2D eigenvalue weighted by Gasteiger charge is -2.18. The highest BCUT2D eigenvalue weighted by molar-refractivity contribution is 8.13. The van der Waals surface area contributed by atoms with Gasteiger partial charge in [-0.3, -0.25) is 10.1 Å². The zero-order valence-corrected chi connectivity index (χ0v) is 22.4. The molecule has 0 aliphatic rings. The highest BCUT2D eigenvalue weighted by Crippen LogP contribution is 2.17. The molecule has 0 saturated carbocycles. The van der Waals surface area contributed by atoms with Gasteiger partial charge >= 0.3 is 6.09 Å². The number of alkyl carbamates (subject to hydrolysis) is 1. The van der Waals surface area contributed by atoms with Crippen molar-refractivity contribution < 1.29 is 14.3 Å². The molecule has 1 N–H and O–H groups in total. The molecule has 0 radical (unpaired) electrons. The number of nitrogens with one attached hydrogen (secondary N) is 1. The van der Waals surface area contributed by atoms with E-state index >= 15 is 0 Å². The van der Waals surface area contributed by atoms with Crippen LogP contribution in [0.5, 0.6) is 0 Å². The molecule has 5 nitrogen and oxygen atoms in total. The molecule has 0 fully saturated rings. The minimum absolute atomic E-state index is 0.0761. The van der Waals surface area contributed by atoms with Crippen molar-refractivity contribution in [3.63, 3.8) is 0 Å². The number of carbonyl (C=O) groups excluding carboxylic acids is 2. The van der Waals surface area contributed by atoms with Gasteiger partial charge in [0.1, 0.15) is 6.10 Å². The van der Waals surface area contributed by atoms with Gasteiger partial charge in [0, 0.05) is 5.75 Å². The average molecular weight is 473 g/mol. The summed E-state index contributed by atoms with van der Waals surface area (Å²) in [6, 6.07) is 0. The second-order valence-electron chi connectivity index (χ2n) is 9.27. The van der Waals surface area contributed by atoms with Crippen LogP contribution in [-0.4, -0.2) is 48.7 Å². The first-order valence-electron chi connectivity index (χ1n) is 13.3. The Morgan fingerprint density at radius 2 is 1.22 bits per heavy atom. The fourth-order valence-electron chi connectivity index (χ4n) is 3.77. The highest BCUT2D eigenvalue weighted by Gasteiger charge is 2.16. The zero-order chi connectivity index (χ0) is 23.9. The van der Waals surface area contributed by atoms with Crippen LogP contribution in [0.4, 0.5) is 9.59 Å². The smallest absolute Gasteiger partial charge is 0.414 e. The Morgan fingerprint density at radius 3 is 1.69 bits per heavy atom. The maximum Gasteiger partial charge on any atom is 0.414 e. The van der Waals surface area contributed by atoms with Gasteiger partial charge in [-0.15, -0.1) is 0 Å². The van der Waals surface area contributed by atoms with E-state index in [0.29, 0.717) is 5.75 Å². The molecule has 6 heteroatoms. The monoisotopic (exact) mass is 472 g/mol. The molecule has 0 aromatic rings. The van der Waals surface area contributed by atoms with Crippen LogP contribution in [0.3, 0.4) is 0 Å². The lowest BCUT2D eigenvalue weighted by molar-refractivity contribution is 0.0869. The van der Waals surface area contributed by atoms with Crippen molar-refractivity contribution in [2.75, 3.05) is 26.4 Å². The van der Waals surface area contributed by atoms with Gasteiger partial charge < -0.3 is 9.64 Å². The third kappa shape index (κ3) is 22.4. The van der Waals surface area contributed by atoms with E-state index in [9.17, 15) is 9.59 Å². The first-order chi connectivity index (χ1) is 15.5. The van der Waals surface area contributed by atoms with Crippen molar-refractivity contribution in [3.8, 4) is 0 Å². The van der Waals surface area contributed by atoms with E-state index < -0.39 is 6.09 Å². The Hall–Kier alpha value is -0.750. The van der Waals surface area contributed by atoms with Gasteiger partial charge in [0.15, 0.2) is 0 Å². The minimum Gasteiger partial charge on any atom is -0.446 e. The van der Waals surface area contributed by atoms with Crippen molar-refractivity contribution in [3.05, 3.63) is 0 Å². The van der Waals surface area contributed by atoms with Gasteiger partial charge in [-0.2, -0.15) is 0 Å². The summed E-state index contributed by atoms with van der Waals surface area (Å²) in [7, 11) is 4.03. The molecule has 0 bridgehead atoms. The molecule has 32 heavy (non-hydrogen) atoms. The van der Waals surface area contributed by atoms with Crippen LogP contribution in [-0.2, 0) is 4.74 Å². The molecule has 190 valence electrons. The topological polar surface area (TPSA) is 58.6 Å². The third-order valence-electron chi connectivity index (χ3n) is 5.72. The van der Waals surface area contributed by atoms with Crippen LogP contribution < -0.4 is 5.32 Å². The first-order valence-corrected chi connectivity index (χ1v) is 14.3. The molecular formula is C26H52N2O3S. The number of nitrogens with zero attached hydrogens (tertiary/aromatic N) is 1. The number of rotatable bonds is 21. The highest BCUT2D eigenvalue weighted by atomic mass is 32.2. The molecule has 0 unspecified atom stereocenters. The summed E-state index contributed by atoms with van der Waals surface area (Å²) in [6.07, 6.45) is 19.6. The summed E-state index contributed by atoms with van der Waals surface area (Å²) in [5.74, 6) is 0.705. The standard InChI is InChI=1S/C26H52N2O3S/c1-5-7-9-11-13-15-17-20-24(21-18-16-14-12-10-8-6-2)31-25(29)27-26(30)32-23-19-22-28(3)4/h24H,5-23H2,1-4H3,(H,27,29,30). The van der Waals surface area contributed by atoms with Gasteiger partial charge in [-0.25, -0.2) is 4.79 Å². The fraction of sp³-hybridized carbons (Fsp3) is 0.923. The van der Waals surface area contributed by atoms with Crippen LogP contribution in [0.15, 0.2) is 0 Å². The lowest BCUT2D eigenvalue weighted by atomic mass is 10.0. The number of hydrogen-bond acceptors (Lipinski definition) is 5. The summed E-state index contributed by atoms with van der Waals surface area (Å²) in [5, 5.41) is 2.09. The number of imide groups is 1. The predicted molar refractivity (Wildman–Crippen MR) is 140 cm³/mol. The number of ether oxygens (including phenoxy) is 1. The molecule has 0 aromatic heterocycles. The molecular weight excluding hydrogens is 420 g/mol. The average Bonchev–Trinajstić information content (AvgIpc) is 2.75. The fourth-order valence-corrected chi connectivity index (χ4v) is 4.38. The molecule has 0 saturated heterocycles. The van der Waals surface area contributed by atoms with Crippen molar-refractivity contribution in [1.82, 2.24) is 10.2 Å². The van der Waals surface area contributed by atoms with Crippen LogP contribution >= 0.6 is 11.8 Å². The van der Waals surface area contributed by atoms with Crippen LogP contribution in [0, 0.1) is 0 Å². The van der Waals surface area contributed by atoms with Crippen molar-refractivity contribution >= 4 is 23.1 Å². The van der Waals surface area contributed by atoms with Gasteiger partial charge in [0.2, 0.25) is 0 Å². The number of hydrogen-bond donors (Lipinski definition) is 1. The maximum atomic E-state index is 12.2. The number of unbranched alkanes of at least 4 members (excludes halogenated alkanes) is 12. The summed E-state index contributed by atoms with van der Waals surface area (Å²) in [5.41, 5.74) is 0. The Balaban J connectivity index is 4.21. The third-order valence-corrected chi connectivity index (χ3v) is 6.58. The number of amides is 2. The van der Waals surface area contributed by atoms with Crippen molar-refractivity contribution in [2.45, 2.75) is 129 Å². The van der Waals surface area contributed by atoms with Gasteiger partial charge in [0.25, 0.3) is 5.24 Å². The quantitative estimate of drug-likeness (QED) is 0.171. The maximum absolute atomic E-state index is 12.2. The summed E-state index contributed by atoms with van der Waals surface area (Å²) >= 11 is 1.16. The van der Waals surface area contributed by atoms with Crippen molar-refractivity contribution in [1.29, 1.82) is 0 Å². The normalized spacial score (nSPS) is 11.3. The molecule has 2 amide bonds. The van der Waals surface area contributed by atoms with Crippen LogP contribution in [0.2, 0.25) is 0 Å². The van der Waals surface area contributed by atoms with Crippen molar-refractivity contribution in [2.24, 2.45) is 0 Å². The minimum atomic E-state index is -0.578. The summed E-state index contributed by atoms with van der Waals surface area (Å²) in [6.45, 7) is 5.41. The second kappa shape index (κ2) is 23.4. The van der Waals surface area contributed by atoms with Crippen LogP contribution in [0.25, 0.3) is 0 Å². The Kier molecular flexibility index (Phi) is 22.9. The van der Waals surface area contributed by atoms with Gasteiger partial charge in [-0.1, -0.05) is 103 Å². The Morgan fingerprint density at radius 1 is 0.750 bits per heavy atom. The molecule has 0 spiro atoms. The molecule has 0 aromatic carbocycles. The lowest BCUT2D eigenvalue weighted by Crippen LogP contribution is -2.32. The summed E-state index contributed by atoms with van der Waals surface area (Å²) in [4.78, 5) is 26.3. The summed E-state index contributed by atoms with van der Waals surface area (Å²) < 4.78 is 5.66. The van der Waals surface area contributed by atoms with E-state index in [1.807, 2.05) is 14.1 Å². The molecule has 0 aliphatic heterocycles. The van der Waals surface area contributed by atoms with E-state index in [1.165, 1.54) is 77.0 Å². The molecule has 0 aliphatic carbocycles. The largest absolute Gasteiger partial charge is 0.446 e. The Bertz CT molecular complexity index is 429. The van der Waals surface area contributed by atoms with Crippen LogP contribution in [0.1, 0.15) is 123 Å². The molecule has 0 rings (SSSR count). The predicted octanol–water partition coefficient (Wildman–Crippen LogP) is 8.17. The molecule has 0 atom stereocenters. The van der Waals surface area contributed by atoms with E-state index in [4.69, 9.17) is 4.74 Å². The SMILES string of the molecule is CCCCCCCCCC(CCCCCCCCC)OC(=O)NC(=O)SCCCN(C)C. The Labute approximate surface area is 203 Å². The zero-order valence-electron chi connectivity index (χ0n) is 21.6. The van der Waals surface area contributed by atoms with E-state index in [-0.39, 0.29) is 11.3 Å². The van der Waals surface area contributed by atoms with E-state index in [2.05, 4.69) is 24.1 Å². The van der Waals surface area contributed by atoms with E-state index in [1.54, 1.807) is 0 Å². The van der Waals surface area contributed by atoms with Gasteiger partial charge in [-0.05, 0) is 52.7 Å². The first kappa shape index (κ1) is 31.2. The number of carbonyl (C=O) groups is 2.